The molecule has 5 nitrogen and oxygen atoms in total. The van der Waals surface area contributed by atoms with Crippen LogP contribution in [0.25, 0.3) is 0 Å². The highest BCUT2D eigenvalue weighted by atomic mass is 32.2. The number of aliphatic carboxylic acids is 1. The summed E-state index contributed by atoms with van der Waals surface area (Å²) in [4.78, 5) is 10.2. The number of carbonyl (C=O) groups is 1. The molecule has 0 amide bonds. The average Bonchev–Trinajstić information content (AvgIpc) is 2.45. The highest BCUT2D eigenvalue weighted by molar-refractivity contribution is 7.89. The third-order valence-corrected chi connectivity index (χ3v) is 5.53. The van der Waals surface area contributed by atoms with E-state index in [0.717, 1.165) is 0 Å². The minimum absolute atomic E-state index is 0.0663. The van der Waals surface area contributed by atoms with Crippen LogP contribution in [0.1, 0.15) is 24.8 Å². The van der Waals surface area contributed by atoms with E-state index in [4.69, 9.17) is 5.11 Å². The number of carboxylic acid groups (broad SMARTS) is 1. The van der Waals surface area contributed by atoms with Gasteiger partial charge in [-0.3, -0.25) is 4.79 Å². The molecule has 1 heterocycles. The van der Waals surface area contributed by atoms with Crippen molar-refractivity contribution in [1.29, 1.82) is 0 Å². The predicted molar refractivity (Wildman–Crippen MR) is 70.6 cm³/mol. The van der Waals surface area contributed by atoms with Gasteiger partial charge in [0.2, 0.25) is 10.0 Å². The van der Waals surface area contributed by atoms with Crippen LogP contribution in [0.15, 0.2) is 23.1 Å². The second-order valence-corrected chi connectivity index (χ2v) is 6.97. The van der Waals surface area contributed by atoms with Crippen LogP contribution < -0.4 is 0 Å². The predicted octanol–water partition coefficient (Wildman–Crippen LogP) is 2.47. The smallest absolute Gasteiger partial charge is 0.416 e. The molecule has 1 atom stereocenters. The Hall–Kier alpha value is -1.68. The van der Waals surface area contributed by atoms with Gasteiger partial charge in [-0.05, 0) is 37.5 Å². The first-order valence-corrected chi connectivity index (χ1v) is 8.10. The van der Waals surface area contributed by atoms with Crippen molar-refractivity contribution in [1.82, 2.24) is 4.31 Å². The van der Waals surface area contributed by atoms with Crippen LogP contribution in [0.5, 0.6) is 0 Å². The Labute approximate surface area is 129 Å². The molecule has 1 aliphatic rings. The number of benzene rings is 1. The van der Waals surface area contributed by atoms with Gasteiger partial charge in [0, 0.05) is 6.54 Å². The highest BCUT2D eigenvalue weighted by Crippen LogP contribution is 2.33. The first-order valence-electron chi connectivity index (χ1n) is 6.66. The monoisotopic (exact) mass is 355 g/mol. The maximum Gasteiger partial charge on any atom is 0.416 e. The zero-order chi connectivity index (χ0) is 17.4. The summed E-state index contributed by atoms with van der Waals surface area (Å²) in [7, 11) is -4.54. The van der Waals surface area contributed by atoms with Crippen LogP contribution in [0.2, 0.25) is 0 Å². The van der Waals surface area contributed by atoms with Crippen molar-refractivity contribution in [2.24, 2.45) is 0 Å². The Morgan fingerprint density at radius 1 is 1.26 bits per heavy atom. The molecule has 1 aromatic carbocycles. The van der Waals surface area contributed by atoms with E-state index in [9.17, 15) is 30.8 Å². The SMILES string of the molecule is O=C(O)C1CCCCN1S(=O)(=O)c1ccc(C(F)(F)F)cc1F. The van der Waals surface area contributed by atoms with Crippen molar-refractivity contribution in [3.8, 4) is 0 Å². The van der Waals surface area contributed by atoms with E-state index < -0.39 is 44.5 Å². The molecule has 2 rings (SSSR count). The summed E-state index contributed by atoms with van der Waals surface area (Å²) in [6.07, 6.45) is -3.85. The molecular formula is C13H13F4NO4S. The first kappa shape index (κ1) is 17.7. The van der Waals surface area contributed by atoms with Crippen LogP contribution in [-0.2, 0) is 21.0 Å². The quantitative estimate of drug-likeness (QED) is 0.846. The van der Waals surface area contributed by atoms with Gasteiger partial charge >= 0.3 is 12.1 Å². The number of carboxylic acids is 1. The van der Waals surface area contributed by atoms with Crippen LogP contribution in [-0.4, -0.2) is 36.4 Å². The molecular weight excluding hydrogens is 342 g/mol. The molecule has 10 heteroatoms. The minimum atomic E-state index is -4.81. The lowest BCUT2D eigenvalue weighted by Crippen LogP contribution is -2.48. The van der Waals surface area contributed by atoms with E-state index in [1.165, 1.54) is 0 Å². The van der Waals surface area contributed by atoms with Gasteiger partial charge in [0.25, 0.3) is 0 Å². The number of nitrogens with zero attached hydrogens (tertiary/aromatic N) is 1. The van der Waals surface area contributed by atoms with Crippen molar-refractivity contribution in [2.45, 2.75) is 36.4 Å². The van der Waals surface area contributed by atoms with E-state index in [2.05, 4.69) is 0 Å². The lowest BCUT2D eigenvalue weighted by atomic mass is 10.1. The molecule has 0 radical (unpaired) electrons. The fourth-order valence-corrected chi connectivity index (χ4v) is 4.15. The lowest BCUT2D eigenvalue weighted by molar-refractivity contribution is -0.142. The summed E-state index contributed by atoms with van der Waals surface area (Å²) in [5.74, 6) is -2.94. The molecule has 0 aromatic heterocycles. The number of rotatable bonds is 3. The largest absolute Gasteiger partial charge is 0.480 e. The van der Waals surface area contributed by atoms with Crippen molar-refractivity contribution in [3.63, 3.8) is 0 Å². The second-order valence-electron chi connectivity index (χ2n) is 5.11. The Balaban J connectivity index is 2.45. The van der Waals surface area contributed by atoms with Crippen LogP contribution in [0.4, 0.5) is 17.6 Å². The summed E-state index contributed by atoms with van der Waals surface area (Å²) in [6, 6.07) is -0.293. The van der Waals surface area contributed by atoms with Crippen LogP contribution >= 0.6 is 0 Å². The molecule has 0 spiro atoms. The van der Waals surface area contributed by atoms with Gasteiger partial charge in [-0.1, -0.05) is 0 Å². The summed E-state index contributed by atoms with van der Waals surface area (Å²) < 4.78 is 76.9. The maximum atomic E-state index is 13.9. The summed E-state index contributed by atoms with van der Waals surface area (Å²) in [5.41, 5.74) is -1.32. The number of sulfonamides is 1. The standard InChI is InChI=1S/C13H13F4NO4S/c14-9-7-8(13(15,16)17)4-5-11(9)23(21,22)18-6-2-1-3-10(18)12(19)20/h4-5,7,10H,1-3,6H2,(H,19,20). The molecule has 1 fully saturated rings. The normalized spacial score (nSPS) is 20.4. The lowest BCUT2D eigenvalue weighted by Gasteiger charge is -2.31. The number of hydrogen-bond acceptors (Lipinski definition) is 3. The fraction of sp³-hybridized carbons (Fsp3) is 0.462. The third-order valence-electron chi connectivity index (χ3n) is 3.58. The molecule has 23 heavy (non-hydrogen) atoms. The Kier molecular flexibility index (Phi) is 4.67. The van der Waals surface area contributed by atoms with E-state index in [1.807, 2.05) is 0 Å². The first-order chi connectivity index (χ1) is 10.5. The van der Waals surface area contributed by atoms with E-state index in [1.54, 1.807) is 0 Å². The highest BCUT2D eigenvalue weighted by Gasteiger charge is 2.40. The number of hydrogen-bond donors (Lipinski definition) is 1. The van der Waals surface area contributed by atoms with Gasteiger partial charge in [-0.25, -0.2) is 12.8 Å². The van der Waals surface area contributed by atoms with E-state index in [-0.39, 0.29) is 19.0 Å². The Morgan fingerprint density at radius 3 is 2.43 bits per heavy atom. The Morgan fingerprint density at radius 2 is 1.91 bits per heavy atom. The third kappa shape index (κ3) is 3.47. The van der Waals surface area contributed by atoms with Crippen LogP contribution in [0, 0.1) is 5.82 Å². The van der Waals surface area contributed by atoms with Crippen LogP contribution in [0.3, 0.4) is 0 Å². The van der Waals surface area contributed by atoms with Crippen molar-refractivity contribution in [3.05, 3.63) is 29.6 Å². The second kappa shape index (κ2) is 6.08. The van der Waals surface area contributed by atoms with Gasteiger partial charge < -0.3 is 5.11 Å². The molecule has 1 saturated heterocycles. The van der Waals surface area contributed by atoms with Crippen molar-refractivity contribution in [2.75, 3.05) is 6.54 Å². The fourth-order valence-electron chi connectivity index (χ4n) is 2.45. The van der Waals surface area contributed by atoms with Gasteiger partial charge in [0.15, 0.2) is 0 Å². The molecule has 1 aromatic rings. The maximum absolute atomic E-state index is 13.9. The molecule has 1 aliphatic heterocycles. The van der Waals surface area contributed by atoms with Gasteiger partial charge in [0.05, 0.1) is 5.56 Å². The number of halogens is 4. The topological polar surface area (TPSA) is 74.7 Å². The summed E-state index contributed by atoms with van der Waals surface area (Å²) in [6.45, 7) is -0.125. The zero-order valence-electron chi connectivity index (χ0n) is 11.7. The summed E-state index contributed by atoms with van der Waals surface area (Å²) >= 11 is 0. The van der Waals surface area contributed by atoms with Crippen molar-refractivity contribution < 1.29 is 35.9 Å². The van der Waals surface area contributed by atoms with E-state index >= 15 is 0 Å². The molecule has 1 N–H and O–H groups in total. The van der Waals surface area contributed by atoms with E-state index in [0.29, 0.717) is 29.3 Å². The van der Waals surface area contributed by atoms with Gasteiger partial charge in [-0.15, -0.1) is 0 Å². The number of piperidine rings is 1. The molecule has 0 bridgehead atoms. The molecule has 0 saturated carbocycles. The van der Waals surface area contributed by atoms with Crippen molar-refractivity contribution >= 4 is 16.0 Å². The van der Waals surface area contributed by atoms with Gasteiger partial charge in [0.1, 0.15) is 16.8 Å². The molecule has 128 valence electrons. The number of alkyl halides is 3. The minimum Gasteiger partial charge on any atom is -0.480 e. The average molecular weight is 355 g/mol. The zero-order valence-corrected chi connectivity index (χ0v) is 12.5. The molecule has 0 aliphatic carbocycles. The molecule has 1 unspecified atom stereocenters. The summed E-state index contributed by atoms with van der Waals surface area (Å²) in [5, 5.41) is 9.09. The van der Waals surface area contributed by atoms with Gasteiger partial charge in [-0.2, -0.15) is 17.5 Å². The Bertz CT molecular complexity index is 717.